The number of carbonyl (C=O) groups excluding carboxylic acids is 2. The lowest BCUT2D eigenvalue weighted by molar-refractivity contribution is -0.132. The molecule has 168 valence electrons. The molecule has 0 saturated carbocycles. The van der Waals surface area contributed by atoms with Gasteiger partial charge in [-0.2, -0.15) is 0 Å². The van der Waals surface area contributed by atoms with Gasteiger partial charge in [-0.25, -0.2) is 0 Å². The molecule has 0 bridgehead atoms. The fourth-order valence-electron chi connectivity index (χ4n) is 4.42. The third kappa shape index (κ3) is 3.89. The van der Waals surface area contributed by atoms with Crippen LogP contribution in [-0.2, 0) is 9.59 Å². The number of amides is 1. The Morgan fingerprint density at radius 3 is 2.33 bits per heavy atom. The number of ether oxygens (including phenoxy) is 1. The Morgan fingerprint density at radius 1 is 0.970 bits per heavy atom. The maximum absolute atomic E-state index is 13.4. The van der Waals surface area contributed by atoms with Gasteiger partial charge in [0.15, 0.2) is 0 Å². The Kier molecular flexibility index (Phi) is 6.00. The first-order valence-electron chi connectivity index (χ1n) is 10.5. The van der Waals surface area contributed by atoms with Crippen LogP contribution < -0.4 is 9.64 Å². The van der Waals surface area contributed by atoms with Gasteiger partial charge in [-0.15, -0.1) is 0 Å². The van der Waals surface area contributed by atoms with Gasteiger partial charge >= 0.3 is 0 Å². The van der Waals surface area contributed by atoms with E-state index in [1.165, 1.54) is 12.0 Å². The van der Waals surface area contributed by atoms with E-state index in [2.05, 4.69) is 0 Å². The SMILES string of the molecule is COc1c(C)cc(C)cc1/C(O)=C1\C(=O)C(=O)N(c2cc(Cl)ccc2C)C1c1ccccc1. The number of hydrogen-bond acceptors (Lipinski definition) is 4. The highest BCUT2D eigenvalue weighted by Crippen LogP contribution is 2.45. The molecule has 0 spiro atoms. The van der Waals surface area contributed by atoms with Crippen LogP contribution in [0.15, 0.2) is 66.2 Å². The Morgan fingerprint density at radius 2 is 1.67 bits per heavy atom. The Bertz CT molecular complexity index is 1300. The second kappa shape index (κ2) is 8.75. The van der Waals surface area contributed by atoms with Crippen LogP contribution in [0.1, 0.15) is 33.9 Å². The van der Waals surface area contributed by atoms with Crippen LogP contribution in [0.25, 0.3) is 5.76 Å². The highest BCUT2D eigenvalue weighted by atomic mass is 35.5. The number of rotatable bonds is 4. The van der Waals surface area contributed by atoms with Gasteiger partial charge in [-0.1, -0.05) is 54.1 Å². The van der Waals surface area contributed by atoms with Gasteiger partial charge in [0.25, 0.3) is 11.7 Å². The number of aliphatic hydroxyl groups is 1. The summed E-state index contributed by atoms with van der Waals surface area (Å²) in [6, 6.07) is 17.2. The summed E-state index contributed by atoms with van der Waals surface area (Å²) in [5.41, 5.74) is 4.09. The van der Waals surface area contributed by atoms with Crippen molar-refractivity contribution in [3.63, 3.8) is 0 Å². The molecular formula is C27H24ClNO4. The Balaban J connectivity index is 2.03. The van der Waals surface area contributed by atoms with Gasteiger partial charge in [-0.05, 0) is 61.2 Å². The number of aryl methyl sites for hydroxylation is 3. The standard InChI is InChI=1S/C27H24ClNO4/c1-15-12-17(3)26(33-4)20(13-15)24(30)22-23(18-8-6-5-7-9-18)29(27(32)25(22)31)21-14-19(28)11-10-16(21)2/h5-14,23,30H,1-4H3/b24-22+. The van der Waals surface area contributed by atoms with Crippen molar-refractivity contribution in [1.29, 1.82) is 0 Å². The van der Waals surface area contributed by atoms with Crippen molar-refractivity contribution < 1.29 is 19.4 Å². The molecule has 3 aromatic carbocycles. The minimum absolute atomic E-state index is 0.00822. The average Bonchev–Trinajstić information content (AvgIpc) is 3.05. The van der Waals surface area contributed by atoms with Gasteiger partial charge in [0, 0.05) is 10.7 Å². The normalized spacial score (nSPS) is 17.5. The van der Waals surface area contributed by atoms with Gasteiger partial charge in [0.2, 0.25) is 0 Å². The van der Waals surface area contributed by atoms with Gasteiger partial charge in [-0.3, -0.25) is 14.5 Å². The van der Waals surface area contributed by atoms with Crippen molar-refractivity contribution >= 4 is 34.7 Å². The van der Waals surface area contributed by atoms with Gasteiger partial charge < -0.3 is 9.84 Å². The van der Waals surface area contributed by atoms with E-state index < -0.39 is 17.7 Å². The van der Waals surface area contributed by atoms with E-state index >= 15 is 0 Å². The number of methoxy groups -OCH3 is 1. The minimum atomic E-state index is -0.825. The first kappa shape index (κ1) is 22.6. The van der Waals surface area contributed by atoms with Crippen molar-refractivity contribution in [3.05, 3.63) is 99.1 Å². The molecule has 3 aromatic rings. The molecule has 33 heavy (non-hydrogen) atoms. The molecule has 1 amide bonds. The van der Waals surface area contributed by atoms with Crippen molar-refractivity contribution in [3.8, 4) is 5.75 Å². The molecule has 1 heterocycles. The molecule has 1 aliphatic rings. The molecule has 4 rings (SSSR count). The fourth-order valence-corrected chi connectivity index (χ4v) is 4.59. The number of nitrogens with zero attached hydrogens (tertiary/aromatic N) is 1. The number of ketones is 1. The summed E-state index contributed by atoms with van der Waals surface area (Å²) in [5.74, 6) is -1.30. The maximum Gasteiger partial charge on any atom is 0.300 e. The zero-order chi connectivity index (χ0) is 23.9. The first-order chi connectivity index (χ1) is 15.7. The molecule has 1 atom stereocenters. The van der Waals surface area contributed by atoms with Crippen LogP contribution >= 0.6 is 11.6 Å². The minimum Gasteiger partial charge on any atom is -0.507 e. The summed E-state index contributed by atoms with van der Waals surface area (Å²) in [7, 11) is 1.51. The fraction of sp³-hybridized carbons (Fsp3) is 0.185. The number of halogens is 1. The Labute approximate surface area is 197 Å². The van der Waals surface area contributed by atoms with Crippen LogP contribution in [0.3, 0.4) is 0 Å². The van der Waals surface area contributed by atoms with E-state index in [1.807, 2.05) is 57.2 Å². The lowest BCUT2D eigenvalue weighted by atomic mass is 9.93. The highest BCUT2D eigenvalue weighted by Gasteiger charge is 2.47. The van der Waals surface area contributed by atoms with Crippen LogP contribution in [0.5, 0.6) is 5.75 Å². The van der Waals surface area contributed by atoms with Crippen molar-refractivity contribution in [2.24, 2.45) is 0 Å². The molecule has 0 radical (unpaired) electrons. The summed E-state index contributed by atoms with van der Waals surface area (Å²) in [6.07, 6.45) is 0. The topological polar surface area (TPSA) is 66.8 Å². The summed E-state index contributed by atoms with van der Waals surface area (Å²) in [4.78, 5) is 28.1. The smallest absolute Gasteiger partial charge is 0.300 e. The van der Waals surface area contributed by atoms with Crippen LogP contribution in [0.4, 0.5) is 5.69 Å². The highest BCUT2D eigenvalue weighted by molar-refractivity contribution is 6.52. The number of hydrogen-bond donors (Lipinski definition) is 1. The largest absolute Gasteiger partial charge is 0.507 e. The van der Waals surface area contributed by atoms with Gasteiger partial charge in [0.1, 0.15) is 11.5 Å². The number of benzene rings is 3. The van der Waals surface area contributed by atoms with Crippen molar-refractivity contribution in [1.82, 2.24) is 0 Å². The molecule has 1 fully saturated rings. The lowest BCUT2D eigenvalue weighted by Crippen LogP contribution is -2.30. The zero-order valence-corrected chi connectivity index (χ0v) is 19.6. The molecule has 1 aliphatic heterocycles. The molecule has 1 N–H and O–H groups in total. The molecule has 0 aromatic heterocycles. The van der Waals surface area contributed by atoms with Crippen LogP contribution in [0, 0.1) is 20.8 Å². The maximum atomic E-state index is 13.4. The summed E-state index contributed by atoms with van der Waals surface area (Å²) in [6.45, 7) is 5.61. The number of aliphatic hydroxyl groups excluding tert-OH is 1. The first-order valence-corrected chi connectivity index (χ1v) is 10.9. The van der Waals surface area contributed by atoms with E-state index in [4.69, 9.17) is 16.3 Å². The van der Waals surface area contributed by atoms with E-state index in [0.29, 0.717) is 27.6 Å². The number of carbonyl (C=O) groups is 2. The second-order valence-corrected chi connectivity index (χ2v) is 8.61. The van der Waals surface area contributed by atoms with Gasteiger partial charge in [0.05, 0.1) is 24.3 Å². The molecule has 1 unspecified atom stereocenters. The van der Waals surface area contributed by atoms with E-state index in [-0.39, 0.29) is 11.3 Å². The third-order valence-electron chi connectivity index (χ3n) is 5.87. The molecular weight excluding hydrogens is 438 g/mol. The zero-order valence-electron chi connectivity index (χ0n) is 18.8. The third-order valence-corrected chi connectivity index (χ3v) is 6.10. The number of anilines is 1. The van der Waals surface area contributed by atoms with Crippen molar-refractivity contribution in [2.45, 2.75) is 26.8 Å². The summed E-state index contributed by atoms with van der Waals surface area (Å²) in [5, 5.41) is 11.9. The average molecular weight is 462 g/mol. The van der Waals surface area contributed by atoms with E-state index in [1.54, 1.807) is 24.3 Å². The second-order valence-electron chi connectivity index (χ2n) is 8.17. The van der Waals surface area contributed by atoms with Crippen molar-refractivity contribution in [2.75, 3.05) is 12.0 Å². The predicted octanol–water partition coefficient (Wildman–Crippen LogP) is 5.90. The molecule has 0 aliphatic carbocycles. The summed E-state index contributed by atoms with van der Waals surface area (Å²) >= 11 is 6.24. The van der Waals surface area contributed by atoms with Crippen LogP contribution in [-0.4, -0.2) is 23.9 Å². The quantitative estimate of drug-likeness (QED) is 0.298. The molecule has 5 nitrogen and oxygen atoms in total. The summed E-state index contributed by atoms with van der Waals surface area (Å²) < 4.78 is 5.54. The molecule has 1 saturated heterocycles. The lowest BCUT2D eigenvalue weighted by Gasteiger charge is -2.27. The van der Waals surface area contributed by atoms with Crippen LogP contribution in [0.2, 0.25) is 5.02 Å². The monoisotopic (exact) mass is 461 g/mol. The number of Topliss-reactive ketones (excluding diaryl/α,β-unsaturated/α-hetero) is 1. The van der Waals surface area contributed by atoms with E-state index in [0.717, 1.165) is 16.7 Å². The predicted molar refractivity (Wildman–Crippen MR) is 130 cm³/mol. The molecule has 6 heteroatoms. The Hall–Kier alpha value is -3.57. The van der Waals surface area contributed by atoms with E-state index in [9.17, 15) is 14.7 Å².